The molecule has 0 bridgehead atoms. The van der Waals surface area contributed by atoms with Crippen LogP contribution in [0.25, 0.3) is 0 Å². The van der Waals surface area contributed by atoms with E-state index in [9.17, 15) is 0 Å². The Kier molecular flexibility index (Phi) is 29.8. The first-order valence-corrected chi connectivity index (χ1v) is 7.94. The minimum Gasteiger partial charge on any atom is -0.396 e. The van der Waals surface area contributed by atoms with Crippen molar-refractivity contribution in [1.29, 1.82) is 0 Å². The Hall–Kier alpha value is -0.120. The summed E-state index contributed by atoms with van der Waals surface area (Å²) in [5.74, 6) is 1.25. The molecule has 0 amide bonds. The normalized spacial score (nSPS) is 12.6. The largest absolute Gasteiger partial charge is 0.396 e. The van der Waals surface area contributed by atoms with Crippen molar-refractivity contribution in [3.63, 3.8) is 0 Å². The molecule has 0 unspecified atom stereocenters. The molecule has 0 fully saturated rings. The smallest absolute Gasteiger partial charge is 0.0535 e. The lowest BCUT2D eigenvalue weighted by molar-refractivity contribution is 0.144. The first-order chi connectivity index (χ1) is 8.97. The Morgan fingerprint density at radius 3 is 0.750 bits per heavy atom. The van der Waals surface area contributed by atoms with Gasteiger partial charge in [-0.3, -0.25) is 0 Å². The second-order valence-corrected chi connectivity index (χ2v) is 6.25. The van der Waals surface area contributed by atoms with Crippen LogP contribution in [-0.4, -0.2) is 34.1 Å². The van der Waals surface area contributed by atoms with Gasteiger partial charge < -0.3 is 15.3 Å². The van der Waals surface area contributed by atoms with Gasteiger partial charge in [-0.2, -0.15) is 0 Å². The van der Waals surface area contributed by atoms with E-state index >= 15 is 0 Å². The maximum atomic E-state index is 8.63. The molecule has 0 aliphatic heterocycles. The SMILES string of the molecule is CC(C)CO.CC(C)[C@@H](C)O.CC(C)[C@H](C)O.CCC. The average Bonchev–Trinajstić information content (AvgIpc) is 2.31. The molecule has 0 aliphatic carbocycles. The molecule has 0 aromatic heterocycles. The van der Waals surface area contributed by atoms with Crippen LogP contribution in [0.4, 0.5) is 0 Å². The van der Waals surface area contributed by atoms with Crippen molar-refractivity contribution < 1.29 is 15.3 Å². The van der Waals surface area contributed by atoms with E-state index in [0.29, 0.717) is 24.4 Å². The Morgan fingerprint density at radius 2 is 0.750 bits per heavy atom. The maximum Gasteiger partial charge on any atom is 0.0535 e. The molecule has 3 N–H and O–H groups in total. The van der Waals surface area contributed by atoms with E-state index in [2.05, 4.69) is 13.8 Å². The molecule has 0 radical (unpaired) electrons. The molecule has 0 aromatic rings. The van der Waals surface area contributed by atoms with Crippen LogP contribution in [0.5, 0.6) is 0 Å². The molecule has 3 heteroatoms. The highest BCUT2D eigenvalue weighted by Gasteiger charge is 1.98. The Balaban J connectivity index is -0.0000000879. The summed E-state index contributed by atoms with van der Waals surface area (Å²) in [7, 11) is 0. The quantitative estimate of drug-likeness (QED) is 0.734. The monoisotopic (exact) mass is 294 g/mol. The summed E-state index contributed by atoms with van der Waals surface area (Å²) in [5, 5.41) is 25.4. The van der Waals surface area contributed by atoms with Gasteiger partial charge in [0, 0.05) is 6.61 Å². The zero-order valence-corrected chi connectivity index (χ0v) is 15.6. The molecule has 0 saturated carbocycles. The lowest BCUT2D eigenvalue weighted by Gasteiger charge is -2.04. The second kappa shape index (κ2) is 21.2. The zero-order valence-electron chi connectivity index (χ0n) is 15.6. The zero-order chi connectivity index (χ0) is 17.3. The average molecular weight is 295 g/mol. The fraction of sp³-hybridized carbons (Fsp3) is 1.00. The van der Waals surface area contributed by atoms with Gasteiger partial charge >= 0.3 is 0 Å². The second-order valence-electron chi connectivity index (χ2n) is 6.25. The Bertz CT molecular complexity index is 117. The van der Waals surface area contributed by atoms with Crippen molar-refractivity contribution in [1.82, 2.24) is 0 Å². The highest BCUT2D eigenvalue weighted by molar-refractivity contribution is 4.49. The molecule has 0 rings (SSSR count). The summed E-state index contributed by atoms with van der Waals surface area (Å²) in [5.41, 5.74) is 0. The van der Waals surface area contributed by atoms with Gasteiger partial charge in [0.1, 0.15) is 0 Å². The minimum absolute atomic E-state index is 0.148. The van der Waals surface area contributed by atoms with Crippen molar-refractivity contribution in [3.05, 3.63) is 0 Å². The topological polar surface area (TPSA) is 60.7 Å². The Morgan fingerprint density at radius 1 is 0.650 bits per heavy atom. The molecule has 20 heavy (non-hydrogen) atoms. The number of hydrogen-bond acceptors (Lipinski definition) is 3. The fourth-order valence-corrected chi connectivity index (χ4v) is 0. The molecule has 0 aromatic carbocycles. The van der Waals surface area contributed by atoms with Gasteiger partial charge in [0.15, 0.2) is 0 Å². The first-order valence-electron chi connectivity index (χ1n) is 7.94. The van der Waals surface area contributed by atoms with Crippen molar-refractivity contribution >= 4 is 0 Å². The van der Waals surface area contributed by atoms with Crippen LogP contribution >= 0.6 is 0 Å². The van der Waals surface area contributed by atoms with Crippen LogP contribution in [0.2, 0.25) is 0 Å². The van der Waals surface area contributed by atoms with Gasteiger partial charge in [0.25, 0.3) is 0 Å². The molecular formula is C17H42O3. The number of hydrogen-bond donors (Lipinski definition) is 3. The third kappa shape index (κ3) is 52.2. The van der Waals surface area contributed by atoms with Gasteiger partial charge in [0.2, 0.25) is 0 Å². The molecule has 0 aliphatic rings. The minimum atomic E-state index is -0.148. The number of aliphatic hydroxyl groups excluding tert-OH is 3. The fourth-order valence-electron chi connectivity index (χ4n) is 0. The van der Waals surface area contributed by atoms with Gasteiger partial charge in [-0.1, -0.05) is 61.8 Å². The van der Waals surface area contributed by atoms with Crippen LogP contribution in [-0.2, 0) is 0 Å². The van der Waals surface area contributed by atoms with Crippen LogP contribution in [0, 0.1) is 17.8 Å². The molecular weight excluding hydrogens is 252 g/mol. The summed E-state index contributed by atoms with van der Waals surface area (Å²) in [6, 6.07) is 0. The summed E-state index contributed by atoms with van der Waals surface area (Å²) in [6.45, 7) is 20.1. The van der Waals surface area contributed by atoms with Gasteiger partial charge in [0.05, 0.1) is 12.2 Å². The van der Waals surface area contributed by atoms with Gasteiger partial charge in [-0.05, 0) is 31.6 Å². The third-order valence-electron chi connectivity index (χ3n) is 2.29. The van der Waals surface area contributed by atoms with E-state index in [1.54, 1.807) is 13.8 Å². The molecule has 0 spiro atoms. The highest BCUT2D eigenvalue weighted by Crippen LogP contribution is 1.97. The van der Waals surface area contributed by atoms with E-state index in [-0.39, 0.29) is 12.2 Å². The lowest BCUT2D eigenvalue weighted by Crippen LogP contribution is -2.07. The molecule has 2 atom stereocenters. The Labute approximate surface area is 128 Å². The molecule has 128 valence electrons. The number of aliphatic hydroxyl groups is 3. The summed E-state index contributed by atoms with van der Waals surface area (Å²) in [4.78, 5) is 0. The van der Waals surface area contributed by atoms with E-state index in [4.69, 9.17) is 15.3 Å². The summed E-state index contributed by atoms with van der Waals surface area (Å²) >= 11 is 0. The predicted molar refractivity (Wildman–Crippen MR) is 90.9 cm³/mol. The molecule has 3 nitrogen and oxygen atoms in total. The van der Waals surface area contributed by atoms with Crippen LogP contribution < -0.4 is 0 Å². The molecule has 0 saturated heterocycles. The van der Waals surface area contributed by atoms with Crippen molar-refractivity contribution in [2.45, 2.75) is 87.9 Å². The lowest BCUT2D eigenvalue weighted by atomic mass is 10.1. The summed E-state index contributed by atoms with van der Waals surface area (Å²) in [6.07, 6.45) is 0.954. The molecule has 0 heterocycles. The van der Waals surface area contributed by atoms with E-state index in [1.807, 2.05) is 41.5 Å². The third-order valence-corrected chi connectivity index (χ3v) is 2.29. The standard InChI is InChI=1S/2C5H12O.C4H10O.C3H8/c2*1-4(2)5(3)6;1-4(2)3-5;1-3-2/h2*4-6H,1-3H3;4-5H,3H2,1-2H3;3H2,1-2H3/t2*5-;;/m10../s1. The van der Waals surface area contributed by atoms with E-state index in [1.165, 1.54) is 6.42 Å². The predicted octanol–water partition coefficient (Wildman–Crippen LogP) is 4.10. The maximum absolute atomic E-state index is 8.63. The summed E-state index contributed by atoms with van der Waals surface area (Å²) < 4.78 is 0. The van der Waals surface area contributed by atoms with Crippen molar-refractivity contribution in [3.8, 4) is 0 Å². The van der Waals surface area contributed by atoms with Crippen molar-refractivity contribution in [2.75, 3.05) is 6.61 Å². The van der Waals surface area contributed by atoms with Crippen LogP contribution in [0.3, 0.4) is 0 Å². The van der Waals surface area contributed by atoms with Crippen molar-refractivity contribution in [2.24, 2.45) is 17.8 Å². The van der Waals surface area contributed by atoms with E-state index < -0.39 is 0 Å². The highest BCUT2D eigenvalue weighted by atomic mass is 16.3. The van der Waals surface area contributed by atoms with Crippen LogP contribution in [0.1, 0.15) is 75.7 Å². The van der Waals surface area contributed by atoms with Gasteiger partial charge in [-0.25, -0.2) is 0 Å². The first kappa shape index (κ1) is 28.1. The van der Waals surface area contributed by atoms with Gasteiger partial charge in [-0.15, -0.1) is 0 Å². The van der Waals surface area contributed by atoms with E-state index in [0.717, 1.165) is 0 Å². The number of rotatable bonds is 3. The van der Waals surface area contributed by atoms with Crippen LogP contribution in [0.15, 0.2) is 0 Å².